The lowest BCUT2D eigenvalue weighted by atomic mass is 9.96. The molecule has 5 heteroatoms. The van der Waals surface area contributed by atoms with Gasteiger partial charge in [0.05, 0.1) is 0 Å². The Morgan fingerprint density at radius 1 is 1.12 bits per heavy atom. The van der Waals surface area contributed by atoms with E-state index in [1.807, 2.05) is 30.3 Å². The Labute approximate surface area is 154 Å². The third kappa shape index (κ3) is 4.85. The molecule has 0 aliphatic rings. The number of ether oxygens (including phenoxy) is 1. The third-order valence-electron chi connectivity index (χ3n) is 4.40. The van der Waals surface area contributed by atoms with E-state index in [0.29, 0.717) is 12.1 Å². The van der Waals surface area contributed by atoms with Crippen LogP contribution in [0.15, 0.2) is 48.5 Å². The van der Waals surface area contributed by atoms with Crippen molar-refractivity contribution in [2.24, 2.45) is 0 Å². The Morgan fingerprint density at radius 3 is 2.46 bits per heavy atom. The molecule has 0 aliphatic carbocycles. The molecule has 0 radical (unpaired) electrons. The van der Waals surface area contributed by atoms with Crippen LogP contribution in [0.2, 0.25) is 0 Å². The van der Waals surface area contributed by atoms with Crippen molar-refractivity contribution >= 4 is 11.9 Å². The van der Waals surface area contributed by atoms with Gasteiger partial charge in [-0.05, 0) is 37.5 Å². The Morgan fingerprint density at radius 2 is 1.81 bits per heavy atom. The number of benzene rings is 2. The monoisotopic (exact) mass is 355 g/mol. The molecule has 1 amide bonds. The zero-order valence-corrected chi connectivity index (χ0v) is 15.4. The number of esters is 1. The van der Waals surface area contributed by atoms with Gasteiger partial charge >= 0.3 is 5.97 Å². The second kappa shape index (κ2) is 9.04. The van der Waals surface area contributed by atoms with Gasteiger partial charge in [-0.2, -0.15) is 0 Å². The number of hydrogen-bond acceptors (Lipinski definition) is 4. The summed E-state index contributed by atoms with van der Waals surface area (Å²) in [6.45, 7) is 5.74. The number of nitrogens with one attached hydrogen (secondary N) is 1. The van der Waals surface area contributed by atoms with Gasteiger partial charge in [0, 0.05) is 12.5 Å². The normalized spacial score (nSPS) is 12.9. The van der Waals surface area contributed by atoms with Crippen LogP contribution in [0, 0.1) is 6.92 Å². The van der Waals surface area contributed by atoms with Gasteiger partial charge in [0.25, 0.3) is 5.91 Å². The highest BCUT2D eigenvalue weighted by molar-refractivity contribution is 5.94. The minimum atomic E-state index is -0.948. The predicted molar refractivity (Wildman–Crippen MR) is 100 cm³/mol. The van der Waals surface area contributed by atoms with E-state index < -0.39 is 12.1 Å². The van der Waals surface area contributed by atoms with Crippen molar-refractivity contribution in [2.75, 3.05) is 6.54 Å². The molecule has 2 rings (SSSR count). The molecule has 0 unspecified atom stereocenters. The highest BCUT2D eigenvalue weighted by Gasteiger charge is 2.22. The van der Waals surface area contributed by atoms with Gasteiger partial charge in [-0.3, -0.25) is 4.79 Å². The quantitative estimate of drug-likeness (QED) is 0.745. The maximum atomic E-state index is 12.3. The summed E-state index contributed by atoms with van der Waals surface area (Å²) >= 11 is 0. The van der Waals surface area contributed by atoms with Gasteiger partial charge in [0.2, 0.25) is 0 Å². The summed E-state index contributed by atoms with van der Waals surface area (Å²) < 4.78 is 5.19. The summed E-state index contributed by atoms with van der Waals surface area (Å²) in [5.41, 5.74) is 1.79. The minimum Gasteiger partial charge on any atom is -0.507 e. The predicted octanol–water partition coefficient (Wildman–Crippen LogP) is 3.56. The molecule has 0 aromatic heterocycles. The van der Waals surface area contributed by atoms with Crippen LogP contribution in [0.25, 0.3) is 0 Å². The second-order valence-corrected chi connectivity index (χ2v) is 6.28. The smallest absolute Gasteiger partial charge is 0.342 e. The second-order valence-electron chi connectivity index (χ2n) is 6.28. The molecule has 0 fully saturated rings. The van der Waals surface area contributed by atoms with E-state index in [2.05, 4.69) is 12.2 Å². The molecule has 26 heavy (non-hydrogen) atoms. The molecule has 0 aliphatic heterocycles. The molecule has 2 aromatic carbocycles. The first-order valence-electron chi connectivity index (χ1n) is 8.76. The first-order chi connectivity index (χ1) is 12.4. The van der Waals surface area contributed by atoms with Crippen LogP contribution < -0.4 is 5.32 Å². The maximum absolute atomic E-state index is 12.3. The molecular weight excluding hydrogens is 330 g/mol. The van der Waals surface area contributed by atoms with E-state index >= 15 is 0 Å². The van der Waals surface area contributed by atoms with Crippen molar-refractivity contribution in [3.63, 3.8) is 0 Å². The first kappa shape index (κ1) is 19.5. The molecule has 0 heterocycles. The number of carbonyl (C=O) groups is 2. The molecule has 0 saturated heterocycles. The van der Waals surface area contributed by atoms with E-state index in [1.165, 1.54) is 13.0 Å². The van der Waals surface area contributed by atoms with Crippen LogP contribution in [0.5, 0.6) is 5.75 Å². The van der Waals surface area contributed by atoms with Crippen molar-refractivity contribution in [3.05, 3.63) is 65.2 Å². The molecule has 2 N–H and O–H groups in total. The summed E-state index contributed by atoms with van der Waals surface area (Å²) in [4.78, 5) is 24.4. The number of aromatic hydroxyl groups is 1. The molecular formula is C21H25NO4. The van der Waals surface area contributed by atoms with Gasteiger partial charge in [0.1, 0.15) is 11.3 Å². The number of phenolic OH excluding ortho intramolecular Hbond substituents is 1. The number of phenols is 1. The van der Waals surface area contributed by atoms with Crippen molar-refractivity contribution < 1.29 is 19.4 Å². The van der Waals surface area contributed by atoms with Crippen molar-refractivity contribution in [3.8, 4) is 5.75 Å². The van der Waals surface area contributed by atoms with E-state index in [0.717, 1.165) is 12.0 Å². The first-order valence-corrected chi connectivity index (χ1v) is 8.76. The lowest BCUT2D eigenvalue weighted by Gasteiger charge is -2.19. The zero-order chi connectivity index (χ0) is 19.1. The Balaban J connectivity index is 1.93. The van der Waals surface area contributed by atoms with Crippen LogP contribution in [0.4, 0.5) is 0 Å². The van der Waals surface area contributed by atoms with Crippen LogP contribution in [0.3, 0.4) is 0 Å². The van der Waals surface area contributed by atoms with Crippen molar-refractivity contribution in [2.45, 2.75) is 39.2 Å². The van der Waals surface area contributed by atoms with E-state index in [4.69, 9.17) is 4.74 Å². The third-order valence-corrected chi connectivity index (χ3v) is 4.40. The molecule has 2 aromatic rings. The Kier molecular flexibility index (Phi) is 6.78. The van der Waals surface area contributed by atoms with Crippen LogP contribution in [0.1, 0.15) is 47.7 Å². The number of hydrogen-bond donors (Lipinski definition) is 2. The highest BCUT2D eigenvalue weighted by Crippen LogP contribution is 2.22. The Bertz CT molecular complexity index is 758. The van der Waals surface area contributed by atoms with E-state index in [1.54, 1.807) is 19.1 Å². The fourth-order valence-corrected chi connectivity index (χ4v) is 2.69. The lowest BCUT2D eigenvalue weighted by molar-refractivity contribution is -0.129. The number of para-hydroxylation sites is 1. The molecule has 0 spiro atoms. The van der Waals surface area contributed by atoms with Gasteiger partial charge in [-0.15, -0.1) is 0 Å². The fraction of sp³-hybridized carbons (Fsp3) is 0.333. The van der Waals surface area contributed by atoms with Crippen LogP contribution in [-0.2, 0) is 9.53 Å². The average molecular weight is 355 g/mol. The minimum absolute atomic E-state index is 0.0559. The molecule has 138 valence electrons. The summed E-state index contributed by atoms with van der Waals surface area (Å²) in [5, 5.41) is 12.8. The topological polar surface area (TPSA) is 75.6 Å². The van der Waals surface area contributed by atoms with Gasteiger partial charge < -0.3 is 15.2 Å². The summed E-state index contributed by atoms with van der Waals surface area (Å²) in [6, 6.07) is 14.8. The Hall–Kier alpha value is -2.82. The molecule has 5 nitrogen and oxygen atoms in total. The van der Waals surface area contributed by atoms with Crippen molar-refractivity contribution in [1.82, 2.24) is 5.32 Å². The molecule has 2 atom stereocenters. The number of aryl methyl sites for hydroxylation is 1. The summed E-state index contributed by atoms with van der Waals surface area (Å²) in [7, 11) is 0. The highest BCUT2D eigenvalue weighted by atomic mass is 16.5. The van der Waals surface area contributed by atoms with E-state index in [-0.39, 0.29) is 23.1 Å². The molecule has 0 bridgehead atoms. The van der Waals surface area contributed by atoms with E-state index in [9.17, 15) is 14.7 Å². The van der Waals surface area contributed by atoms with Gasteiger partial charge in [0.15, 0.2) is 6.10 Å². The SMILES string of the molecule is CC[C@H](CNC(=O)[C@@H](C)OC(=O)c1cccc(C)c1O)c1ccccc1. The number of amides is 1. The van der Waals surface area contributed by atoms with Crippen LogP contribution >= 0.6 is 0 Å². The maximum Gasteiger partial charge on any atom is 0.342 e. The fourth-order valence-electron chi connectivity index (χ4n) is 2.69. The average Bonchev–Trinajstić information content (AvgIpc) is 2.65. The van der Waals surface area contributed by atoms with Gasteiger partial charge in [-0.1, -0.05) is 49.4 Å². The lowest BCUT2D eigenvalue weighted by Crippen LogP contribution is -2.38. The molecule has 0 saturated carbocycles. The van der Waals surface area contributed by atoms with Crippen molar-refractivity contribution in [1.29, 1.82) is 0 Å². The number of carbonyl (C=O) groups excluding carboxylic acids is 2. The summed E-state index contributed by atoms with van der Waals surface area (Å²) in [5.74, 6) is -1.01. The largest absolute Gasteiger partial charge is 0.507 e. The van der Waals surface area contributed by atoms with Crippen LogP contribution in [-0.4, -0.2) is 29.6 Å². The standard InChI is InChI=1S/C21H25NO4/c1-4-16(17-10-6-5-7-11-17)13-22-20(24)15(3)26-21(25)18-12-8-9-14(2)19(18)23/h5-12,15-16,23H,4,13H2,1-3H3,(H,22,24)/t15-,16-/m1/s1. The zero-order valence-electron chi connectivity index (χ0n) is 15.4. The van der Waals surface area contributed by atoms with Gasteiger partial charge in [-0.25, -0.2) is 4.79 Å². The summed E-state index contributed by atoms with van der Waals surface area (Å²) in [6.07, 6.45) is -0.0639. The number of rotatable bonds is 7.